The van der Waals surface area contributed by atoms with Gasteiger partial charge in [0.1, 0.15) is 11.8 Å². The third kappa shape index (κ3) is 5.22. The van der Waals surface area contributed by atoms with Crippen LogP contribution in [0.15, 0.2) is 23.1 Å². The van der Waals surface area contributed by atoms with Gasteiger partial charge < -0.3 is 14.5 Å². The second kappa shape index (κ2) is 8.92. The largest absolute Gasteiger partial charge is 0.478 e. The first-order valence-corrected chi connectivity index (χ1v) is 12.4. The van der Waals surface area contributed by atoms with E-state index in [1.54, 1.807) is 0 Å². The Morgan fingerprint density at radius 2 is 2.00 bits per heavy atom. The minimum atomic E-state index is -2.03. The molecule has 1 amide bonds. The molecule has 11 heteroatoms. The summed E-state index contributed by atoms with van der Waals surface area (Å²) in [6.07, 6.45) is 1.11. The van der Waals surface area contributed by atoms with Gasteiger partial charge >= 0.3 is 0 Å². The quantitative estimate of drug-likeness (QED) is 0.383. The van der Waals surface area contributed by atoms with E-state index in [2.05, 4.69) is 44.2 Å². The normalized spacial score (nSPS) is 12.1. The maximum atomic E-state index is 12.9. The topological polar surface area (TPSA) is 126 Å². The Morgan fingerprint density at radius 3 is 2.57 bits per heavy atom. The molecule has 0 aliphatic rings. The van der Waals surface area contributed by atoms with Gasteiger partial charge in [-0.3, -0.25) is 24.3 Å². The molecular formula is C19H28N4O6Si. The molecule has 2 rings (SSSR count). The predicted molar refractivity (Wildman–Crippen MR) is 115 cm³/mol. The zero-order valence-corrected chi connectivity index (χ0v) is 19.1. The molecule has 1 N–H and O–H groups in total. The van der Waals surface area contributed by atoms with E-state index in [1.165, 1.54) is 23.7 Å². The van der Waals surface area contributed by atoms with Crippen molar-refractivity contribution in [3.8, 4) is 5.75 Å². The Balaban J connectivity index is 2.44. The minimum Gasteiger partial charge on any atom is -0.478 e. The summed E-state index contributed by atoms with van der Waals surface area (Å²) in [6, 6.07) is 2.69. The van der Waals surface area contributed by atoms with Crippen molar-refractivity contribution in [3.05, 3.63) is 38.8 Å². The summed E-state index contributed by atoms with van der Waals surface area (Å²) < 4.78 is 12.9. The minimum absolute atomic E-state index is 0.0113. The first-order chi connectivity index (χ1) is 13.9. The van der Waals surface area contributed by atoms with Crippen LogP contribution in [0.2, 0.25) is 18.1 Å². The predicted octanol–water partition coefficient (Wildman–Crippen LogP) is 2.45. The molecule has 0 radical (unpaired) electrons. The number of pyridine rings is 2. The lowest BCUT2D eigenvalue weighted by Crippen LogP contribution is -2.42. The zero-order chi connectivity index (χ0) is 22.7. The van der Waals surface area contributed by atoms with E-state index < -0.39 is 24.7 Å². The Morgan fingerprint density at radius 1 is 1.33 bits per heavy atom. The molecule has 164 valence electrons. The van der Waals surface area contributed by atoms with Gasteiger partial charge in [-0.05, 0) is 24.2 Å². The number of carbonyl (C=O) groups is 1. The molecule has 0 saturated carbocycles. The average Bonchev–Trinajstić information content (AvgIpc) is 2.66. The molecule has 0 aliphatic heterocycles. The van der Waals surface area contributed by atoms with Crippen molar-refractivity contribution >= 4 is 30.9 Å². The van der Waals surface area contributed by atoms with Crippen molar-refractivity contribution in [2.24, 2.45) is 0 Å². The number of hydrogen-bond donors (Lipinski definition) is 1. The number of nitro groups is 1. The molecule has 30 heavy (non-hydrogen) atoms. The van der Waals surface area contributed by atoms with Crippen molar-refractivity contribution in [1.82, 2.24) is 14.9 Å². The van der Waals surface area contributed by atoms with Gasteiger partial charge in [0.25, 0.3) is 17.2 Å². The van der Waals surface area contributed by atoms with Gasteiger partial charge in [-0.1, -0.05) is 20.8 Å². The van der Waals surface area contributed by atoms with Crippen LogP contribution >= 0.6 is 0 Å². The lowest BCUT2D eigenvalue weighted by Gasteiger charge is -2.36. The number of amides is 1. The number of fused-ring (bicyclic) bond motifs is 1. The van der Waals surface area contributed by atoms with E-state index in [0.29, 0.717) is 5.39 Å². The molecule has 0 fully saturated rings. The average molecular weight is 437 g/mol. The van der Waals surface area contributed by atoms with E-state index in [-0.39, 0.29) is 41.9 Å². The smallest absolute Gasteiger partial charge is 0.294 e. The standard InChI is InChI=1S/C19H28N4O6Si/c1-19(2,3)30(5,6)29-8-7-22-17-13(9-14(11-21-17)23(26)27)10-15(18(22)25)28-12-16(24)20-4/h9-11H,7-8,12H2,1-6H3,(H,20,24). The molecule has 0 unspecified atom stereocenters. The van der Waals surface area contributed by atoms with Crippen LogP contribution in [-0.2, 0) is 15.8 Å². The molecule has 0 atom stereocenters. The molecule has 0 aromatic carbocycles. The van der Waals surface area contributed by atoms with Crippen molar-refractivity contribution < 1.29 is 18.9 Å². The van der Waals surface area contributed by atoms with Gasteiger partial charge in [0.05, 0.1) is 11.5 Å². The molecule has 0 spiro atoms. The lowest BCUT2D eigenvalue weighted by atomic mass is 10.2. The van der Waals surface area contributed by atoms with E-state index in [0.717, 1.165) is 6.20 Å². The Kier molecular flexibility index (Phi) is 6.98. The first-order valence-electron chi connectivity index (χ1n) is 9.52. The number of carbonyl (C=O) groups excluding carboxylic acids is 1. The highest BCUT2D eigenvalue weighted by Gasteiger charge is 2.37. The van der Waals surface area contributed by atoms with E-state index in [4.69, 9.17) is 9.16 Å². The second-order valence-corrected chi connectivity index (χ2v) is 13.2. The molecule has 2 aromatic heterocycles. The Bertz CT molecular complexity index is 1010. The molecule has 2 heterocycles. The number of hydrogen-bond acceptors (Lipinski definition) is 7. The molecular weight excluding hydrogens is 408 g/mol. The van der Waals surface area contributed by atoms with Gasteiger partial charge in [-0.15, -0.1) is 0 Å². The third-order valence-corrected chi connectivity index (χ3v) is 9.85. The molecule has 0 bridgehead atoms. The first kappa shape index (κ1) is 23.5. The summed E-state index contributed by atoms with van der Waals surface area (Å²) in [7, 11) is -0.571. The number of nitrogens with one attached hydrogen (secondary N) is 1. The Labute approximate surface area is 175 Å². The van der Waals surface area contributed by atoms with Crippen molar-refractivity contribution in [2.45, 2.75) is 45.4 Å². The summed E-state index contributed by atoms with van der Waals surface area (Å²) in [4.78, 5) is 39.1. The maximum absolute atomic E-state index is 12.9. The van der Waals surface area contributed by atoms with E-state index in [1.807, 2.05) is 0 Å². The number of nitrogens with zero attached hydrogens (tertiary/aromatic N) is 3. The van der Waals surface area contributed by atoms with Gasteiger partial charge in [0.15, 0.2) is 20.7 Å². The molecule has 10 nitrogen and oxygen atoms in total. The number of ether oxygens (including phenoxy) is 1. The lowest BCUT2D eigenvalue weighted by molar-refractivity contribution is -0.385. The van der Waals surface area contributed by atoms with Crippen molar-refractivity contribution in [2.75, 3.05) is 20.3 Å². The van der Waals surface area contributed by atoms with Crippen LogP contribution in [0.1, 0.15) is 20.8 Å². The summed E-state index contributed by atoms with van der Waals surface area (Å²) in [6.45, 7) is 10.7. The van der Waals surface area contributed by atoms with Gasteiger partial charge in [-0.25, -0.2) is 4.98 Å². The summed E-state index contributed by atoms with van der Waals surface area (Å²) in [5.41, 5.74) is -0.397. The highest BCUT2D eigenvalue weighted by atomic mass is 28.4. The van der Waals surface area contributed by atoms with Gasteiger partial charge in [0.2, 0.25) is 0 Å². The van der Waals surface area contributed by atoms with Crippen LogP contribution in [0.5, 0.6) is 5.75 Å². The number of aromatic nitrogens is 2. The monoisotopic (exact) mass is 436 g/mol. The summed E-state index contributed by atoms with van der Waals surface area (Å²) >= 11 is 0. The van der Waals surface area contributed by atoms with Crippen LogP contribution in [0.3, 0.4) is 0 Å². The fraction of sp³-hybridized carbons (Fsp3) is 0.526. The van der Waals surface area contributed by atoms with Crippen molar-refractivity contribution in [1.29, 1.82) is 0 Å². The highest BCUT2D eigenvalue weighted by molar-refractivity contribution is 6.74. The van der Waals surface area contributed by atoms with Gasteiger partial charge in [0, 0.05) is 25.0 Å². The summed E-state index contributed by atoms with van der Waals surface area (Å²) in [5, 5.41) is 13.9. The second-order valence-electron chi connectivity index (χ2n) is 8.40. The van der Waals surface area contributed by atoms with Crippen LogP contribution < -0.4 is 15.6 Å². The zero-order valence-electron chi connectivity index (χ0n) is 18.1. The van der Waals surface area contributed by atoms with Gasteiger partial charge in [-0.2, -0.15) is 0 Å². The van der Waals surface area contributed by atoms with E-state index >= 15 is 0 Å². The highest BCUT2D eigenvalue weighted by Crippen LogP contribution is 2.36. The SMILES string of the molecule is CNC(=O)COc1cc2cc([N+](=O)[O-])cnc2n(CCO[Si](C)(C)C(C)(C)C)c1=O. The van der Waals surface area contributed by atoms with Crippen LogP contribution in [0, 0.1) is 10.1 Å². The number of rotatable bonds is 8. The molecule has 2 aromatic rings. The molecule has 0 saturated heterocycles. The number of likely N-dealkylation sites (N-methyl/N-ethyl adjacent to an activating group) is 1. The fourth-order valence-corrected chi connectivity index (χ4v) is 3.50. The van der Waals surface area contributed by atoms with Crippen LogP contribution in [0.25, 0.3) is 11.0 Å². The van der Waals surface area contributed by atoms with E-state index in [9.17, 15) is 19.7 Å². The van der Waals surface area contributed by atoms with Crippen molar-refractivity contribution in [3.63, 3.8) is 0 Å². The fourth-order valence-electron chi connectivity index (χ4n) is 2.46. The van der Waals surface area contributed by atoms with Crippen LogP contribution in [-0.4, -0.2) is 49.0 Å². The summed E-state index contributed by atoms with van der Waals surface area (Å²) in [5.74, 6) is -0.486. The third-order valence-electron chi connectivity index (χ3n) is 5.31. The maximum Gasteiger partial charge on any atom is 0.294 e. The molecule has 0 aliphatic carbocycles. The Hall–Kier alpha value is -2.79. The van der Waals surface area contributed by atoms with Crippen LogP contribution in [0.4, 0.5) is 5.69 Å².